The number of hydrogen-bond donors (Lipinski definition) is 1. The number of nitro benzene ring substituents is 1. The fourth-order valence-electron chi connectivity index (χ4n) is 5.11. The second kappa shape index (κ2) is 13.0. The molecule has 10 nitrogen and oxygen atoms in total. The Morgan fingerprint density at radius 2 is 2.03 bits per heavy atom. The quantitative estimate of drug-likeness (QED) is 0.157. The number of hydrogen-bond acceptors (Lipinski definition) is 7. The average Bonchev–Trinajstić information content (AvgIpc) is 2.87. The summed E-state index contributed by atoms with van der Waals surface area (Å²) in [6, 6.07) is 9.30. The first-order valence-corrected chi connectivity index (χ1v) is 14.5. The molecule has 2 aromatic rings. The van der Waals surface area contributed by atoms with Crippen molar-refractivity contribution >= 4 is 33.1 Å². The molecule has 0 fully saturated rings. The van der Waals surface area contributed by atoms with E-state index in [1.807, 2.05) is 19.1 Å². The Morgan fingerprint density at radius 3 is 2.67 bits per heavy atom. The van der Waals surface area contributed by atoms with Crippen LogP contribution in [0.1, 0.15) is 47.7 Å². The minimum absolute atomic E-state index is 0.00426. The molecule has 1 unspecified atom stereocenters. The maximum atomic E-state index is 12.7. The summed E-state index contributed by atoms with van der Waals surface area (Å²) in [5.41, 5.74) is 0.632. The van der Waals surface area contributed by atoms with Crippen LogP contribution in [0.4, 0.5) is 5.69 Å². The highest BCUT2D eigenvalue weighted by Gasteiger charge is 2.45. The summed E-state index contributed by atoms with van der Waals surface area (Å²) in [5.74, 6) is -1.06. The van der Waals surface area contributed by atoms with Gasteiger partial charge in [-0.3, -0.25) is 14.9 Å². The van der Waals surface area contributed by atoms with Gasteiger partial charge in [0.25, 0.3) is 5.91 Å². The van der Waals surface area contributed by atoms with Crippen molar-refractivity contribution < 1.29 is 28.1 Å². The summed E-state index contributed by atoms with van der Waals surface area (Å²) in [5, 5.41) is 18.3. The smallest absolute Gasteiger partial charge is 0.311 e. The maximum absolute atomic E-state index is 12.7. The molecule has 1 aliphatic carbocycles. The van der Waals surface area contributed by atoms with Crippen molar-refractivity contribution in [3.05, 3.63) is 80.9 Å². The molecule has 2 N–H and O–H groups in total. The van der Waals surface area contributed by atoms with E-state index in [-0.39, 0.29) is 29.6 Å². The number of methoxy groups -OCH3 is 2. The second-order valence-corrected chi connectivity index (χ2v) is 12.1. The van der Waals surface area contributed by atoms with Crippen LogP contribution in [0.25, 0.3) is 0 Å². The SMILES string of the molecule is C=CC[C@H](C)CS(N)(=O)=NC(=O)c1ccc(OC[C@@]2(C(OC)OC)CCCc3cc(Cl)ccc32)c([N+](=O)[O-])c1. The highest BCUT2D eigenvalue weighted by molar-refractivity contribution is 7.91. The van der Waals surface area contributed by atoms with Crippen molar-refractivity contribution in [1.29, 1.82) is 0 Å². The lowest BCUT2D eigenvalue weighted by atomic mass is 9.69. The van der Waals surface area contributed by atoms with Gasteiger partial charge in [0.2, 0.25) is 0 Å². The van der Waals surface area contributed by atoms with E-state index >= 15 is 0 Å². The number of fused-ring (bicyclic) bond motifs is 1. The van der Waals surface area contributed by atoms with Crippen LogP contribution in [-0.4, -0.2) is 47.9 Å². The highest BCUT2D eigenvalue weighted by atomic mass is 35.5. The van der Waals surface area contributed by atoms with Crippen molar-refractivity contribution in [2.45, 2.75) is 44.3 Å². The van der Waals surface area contributed by atoms with Gasteiger partial charge in [-0.15, -0.1) is 10.9 Å². The standard InChI is InChI=1S/C27H34ClN3O7S/c1-5-7-18(2)16-39(29,35)30-25(32)20-9-12-24(23(15-20)31(33)34)38-17-27(26(36-3)37-4)13-6-8-19-14-21(28)10-11-22(19)27/h5,9-12,14-15,18,26H,1,6-8,13,16-17H2,2-4H3,(H2,29,30,32,35)/t18-,27-,39?/m0/s1. The molecule has 0 radical (unpaired) electrons. The lowest BCUT2D eigenvalue weighted by Crippen LogP contribution is -2.49. The molecule has 3 atom stereocenters. The molecule has 0 bridgehead atoms. The van der Waals surface area contributed by atoms with Crippen molar-refractivity contribution in [2.24, 2.45) is 15.4 Å². The van der Waals surface area contributed by atoms with E-state index in [9.17, 15) is 19.1 Å². The monoisotopic (exact) mass is 579 g/mol. The topological polar surface area (TPSA) is 143 Å². The summed E-state index contributed by atoms with van der Waals surface area (Å²) >= 11 is 6.23. The molecule has 12 heteroatoms. The fourth-order valence-corrected chi connectivity index (χ4v) is 6.71. The third-order valence-corrected chi connectivity index (χ3v) is 8.53. The Labute approximate surface area is 233 Å². The van der Waals surface area contributed by atoms with Crippen LogP contribution in [-0.2, 0) is 31.2 Å². The van der Waals surface area contributed by atoms with Crippen LogP contribution in [0.15, 0.2) is 53.4 Å². The summed E-state index contributed by atoms with van der Waals surface area (Å²) < 4.78 is 33.7. The molecular formula is C27H34ClN3O7S. The normalized spacial score (nSPS) is 19.0. The van der Waals surface area contributed by atoms with Crippen molar-refractivity contribution in [1.82, 2.24) is 0 Å². The summed E-state index contributed by atoms with van der Waals surface area (Å²) in [7, 11) is -0.278. The summed E-state index contributed by atoms with van der Waals surface area (Å²) in [6.45, 7) is 5.45. The largest absolute Gasteiger partial charge is 0.486 e. The third kappa shape index (κ3) is 7.23. The predicted octanol–water partition coefficient (Wildman–Crippen LogP) is 5.21. The second-order valence-electron chi connectivity index (χ2n) is 9.73. The zero-order valence-electron chi connectivity index (χ0n) is 22.3. The zero-order chi connectivity index (χ0) is 28.8. The van der Waals surface area contributed by atoms with Crippen molar-refractivity contribution in [3.63, 3.8) is 0 Å². The molecule has 1 aliphatic rings. The molecule has 3 rings (SSSR count). The number of nitrogens with zero attached hydrogens (tertiary/aromatic N) is 2. The number of benzene rings is 2. The first-order valence-electron chi connectivity index (χ1n) is 12.4. The van der Waals surface area contributed by atoms with E-state index in [0.717, 1.165) is 30.0 Å². The number of rotatable bonds is 12. The van der Waals surface area contributed by atoms with Gasteiger partial charge >= 0.3 is 5.69 Å². The van der Waals surface area contributed by atoms with Gasteiger partial charge in [-0.1, -0.05) is 30.7 Å². The molecule has 212 valence electrons. The molecule has 1 amide bonds. The number of carbonyl (C=O) groups is 1. The third-order valence-electron chi connectivity index (χ3n) is 6.77. The number of nitro groups is 1. The van der Waals surface area contributed by atoms with E-state index in [1.54, 1.807) is 12.1 Å². The van der Waals surface area contributed by atoms with Gasteiger partial charge < -0.3 is 14.2 Å². The van der Waals surface area contributed by atoms with Gasteiger partial charge in [-0.05, 0) is 67.0 Å². The van der Waals surface area contributed by atoms with Crippen LogP contribution in [0.3, 0.4) is 0 Å². The molecule has 0 spiro atoms. The van der Waals surface area contributed by atoms with E-state index < -0.39 is 38.1 Å². The Morgan fingerprint density at radius 1 is 1.31 bits per heavy atom. The van der Waals surface area contributed by atoms with E-state index in [0.29, 0.717) is 17.9 Å². The number of aryl methyl sites for hydroxylation is 1. The zero-order valence-corrected chi connectivity index (χ0v) is 23.8. The molecule has 0 saturated heterocycles. The molecular weight excluding hydrogens is 546 g/mol. The molecule has 0 heterocycles. The maximum Gasteiger partial charge on any atom is 0.311 e. The van der Waals surface area contributed by atoms with Crippen LogP contribution in [0.5, 0.6) is 5.75 Å². The first-order chi connectivity index (χ1) is 18.5. The van der Waals surface area contributed by atoms with E-state index in [2.05, 4.69) is 10.9 Å². The molecule has 2 aromatic carbocycles. The lowest BCUT2D eigenvalue weighted by Gasteiger charge is -2.42. The average molecular weight is 580 g/mol. The molecule has 0 aromatic heterocycles. The van der Waals surface area contributed by atoms with Crippen LogP contribution in [0.2, 0.25) is 5.02 Å². The number of nitrogens with two attached hydrogens (primary N) is 1. The van der Waals surface area contributed by atoms with E-state index in [4.69, 9.17) is 31.0 Å². The predicted molar refractivity (Wildman–Crippen MR) is 150 cm³/mol. The Kier molecular flexibility index (Phi) is 10.2. The summed E-state index contributed by atoms with van der Waals surface area (Å²) in [6.07, 6.45) is 3.79. The van der Waals surface area contributed by atoms with E-state index in [1.165, 1.54) is 26.4 Å². The van der Waals surface area contributed by atoms with Crippen molar-refractivity contribution in [2.75, 3.05) is 26.6 Å². The number of amides is 1. The van der Waals surface area contributed by atoms with Crippen LogP contribution in [0, 0.1) is 16.0 Å². The van der Waals surface area contributed by atoms with Crippen molar-refractivity contribution in [3.8, 4) is 5.75 Å². The number of halogens is 1. The number of ether oxygens (including phenoxy) is 3. The minimum Gasteiger partial charge on any atom is -0.486 e. The number of allylic oxidation sites excluding steroid dienone is 1. The minimum atomic E-state index is -3.33. The van der Waals surface area contributed by atoms with Gasteiger partial charge in [-0.2, -0.15) is 0 Å². The van der Waals surface area contributed by atoms with Crippen LogP contribution < -0.4 is 9.88 Å². The lowest BCUT2D eigenvalue weighted by molar-refractivity contribution is -0.386. The molecule has 0 saturated carbocycles. The Balaban J connectivity index is 1.94. The van der Waals surface area contributed by atoms with Gasteiger partial charge in [0.1, 0.15) is 16.5 Å². The highest BCUT2D eigenvalue weighted by Crippen LogP contribution is 2.43. The van der Waals surface area contributed by atoms with Crippen LogP contribution >= 0.6 is 11.6 Å². The Bertz CT molecular complexity index is 1350. The van der Waals surface area contributed by atoms with Gasteiger partial charge in [0.05, 0.1) is 10.3 Å². The first kappa shape index (κ1) is 30.7. The fraction of sp³-hybridized carbons (Fsp3) is 0.444. The van der Waals surface area contributed by atoms with Gasteiger partial charge in [0, 0.05) is 36.6 Å². The number of carbonyl (C=O) groups excluding carboxylic acids is 1. The van der Waals surface area contributed by atoms with Gasteiger partial charge in [-0.25, -0.2) is 9.35 Å². The Hall–Kier alpha value is -2.83. The summed E-state index contributed by atoms with van der Waals surface area (Å²) in [4.78, 5) is 24.0. The van der Waals surface area contributed by atoms with Gasteiger partial charge in [0.15, 0.2) is 12.0 Å². The molecule has 0 aliphatic heterocycles. The molecule has 39 heavy (non-hydrogen) atoms.